The van der Waals surface area contributed by atoms with Crippen molar-refractivity contribution in [1.29, 1.82) is 0 Å². The molecule has 1 aromatic rings. The molecular weight excluding hydrogens is 979 g/mol. The molecule has 1 aliphatic rings. The van der Waals surface area contributed by atoms with Crippen LogP contribution in [0.1, 0.15) is 68.2 Å². The summed E-state index contributed by atoms with van der Waals surface area (Å²) in [4.78, 5) is 100. The Morgan fingerprint density at radius 1 is 0.812 bits per heavy atom. The Morgan fingerprint density at radius 2 is 1.31 bits per heavy atom. The topological polar surface area (TPSA) is 201 Å². The van der Waals surface area contributed by atoms with Gasteiger partial charge in [0.2, 0.25) is 0 Å². The van der Waals surface area contributed by atoms with E-state index in [2.05, 4.69) is 5.43 Å². The molecule has 0 aliphatic carbocycles. The number of nitrogens with one attached hydrogen (secondary N) is 1. The predicted octanol–water partition coefficient (Wildman–Crippen LogP) is 2.13. The zero-order valence-corrected chi connectivity index (χ0v) is 33.1. The molecule has 1 heterocycles. The van der Waals surface area contributed by atoms with Crippen LogP contribution in [0.3, 0.4) is 0 Å². The second kappa shape index (κ2) is 19.4. The van der Waals surface area contributed by atoms with Crippen LogP contribution in [0.4, 0.5) is 0 Å². The fourth-order valence-electron chi connectivity index (χ4n) is 4.46. The molecule has 48 heavy (non-hydrogen) atoms. The maximum atomic E-state index is 14.4. The van der Waals surface area contributed by atoms with E-state index >= 15 is 0 Å². The summed E-state index contributed by atoms with van der Waals surface area (Å²) in [5.74, 6) is -5.42. The Morgan fingerprint density at radius 3 is 1.77 bits per heavy atom. The van der Waals surface area contributed by atoms with Crippen molar-refractivity contribution < 1.29 is 62.0 Å². The SMILES string of the molecule is CC(=O)OCC(CN(CC(COC(C)=O)OC(C)=O)C(=O)c1c(I)cc(I)c(C(=O)NN2CCCC(OC(C)=O)C2=O)c1I)OC(C)=O. The van der Waals surface area contributed by atoms with Crippen molar-refractivity contribution in [2.75, 3.05) is 32.8 Å². The summed E-state index contributed by atoms with van der Waals surface area (Å²) in [6.07, 6.45) is -2.60. The quantitative estimate of drug-likeness (QED) is 0.162. The van der Waals surface area contributed by atoms with Gasteiger partial charge >= 0.3 is 29.8 Å². The predicted molar refractivity (Wildman–Crippen MR) is 189 cm³/mol. The van der Waals surface area contributed by atoms with Gasteiger partial charge in [-0.15, -0.1) is 0 Å². The summed E-state index contributed by atoms with van der Waals surface area (Å²) in [5.41, 5.74) is 2.67. The molecular formula is C29H34I3N3O13. The van der Waals surface area contributed by atoms with E-state index in [4.69, 9.17) is 23.7 Å². The summed E-state index contributed by atoms with van der Waals surface area (Å²) >= 11 is 5.68. The average molecular weight is 1010 g/mol. The molecule has 1 aliphatic heterocycles. The normalized spacial score (nSPS) is 15.4. The molecule has 2 rings (SSSR count). The highest BCUT2D eigenvalue weighted by Crippen LogP contribution is 2.30. The number of carbonyl (C=O) groups excluding carboxylic acids is 8. The van der Waals surface area contributed by atoms with Crippen molar-refractivity contribution in [3.05, 3.63) is 27.9 Å². The van der Waals surface area contributed by atoms with Crippen LogP contribution < -0.4 is 5.43 Å². The molecule has 3 unspecified atom stereocenters. The fourth-order valence-corrected chi connectivity index (χ4v) is 8.79. The molecule has 0 radical (unpaired) electrons. The van der Waals surface area contributed by atoms with Crippen molar-refractivity contribution >= 4 is 115 Å². The Labute approximate surface area is 317 Å². The highest BCUT2D eigenvalue weighted by Gasteiger charge is 2.35. The number of amides is 3. The largest absolute Gasteiger partial charge is 0.462 e. The highest BCUT2D eigenvalue weighted by molar-refractivity contribution is 14.1. The number of benzene rings is 1. The van der Waals surface area contributed by atoms with Gasteiger partial charge in [0.25, 0.3) is 17.7 Å². The average Bonchev–Trinajstić information content (AvgIpc) is 2.95. The van der Waals surface area contributed by atoms with Gasteiger partial charge in [-0.2, -0.15) is 0 Å². The third-order valence-corrected chi connectivity index (χ3v) is 9.07. The van der Waals surface area contributed by atoms with Crippen LogP contribution in [-0.2, 0) is 52.5 Å². The van der Waals surface area contributed by atoms with Crippen LogP contribution in [0, 0.1) is 10.7 Å². The minimum Gasteiger partial charge on any atom is -0.462 e. The van der Waals surface area contributed by atoms with Crippen LogP contribution in [0.25, 0.3) is 0 Å². The van der Waals surface area contributed by atoms with Crippen LogP contribution in [-0.4, -0.2) is 109 Å². The first kappa shape index (κ1) is 41.3. The molecule has 1 saturated heterocycles. The Bertz CT molecular complexity index is 1410. The summed E-state index contributed by atoms with van der Waals surface area (Å²) in [6.45, 7) is 4.38. The van der Waals surface area contributed by atoms with Crippen LogP contribution in [0.2, 0.25) is 0 Å². The van der Waals surface area contributed by atoms with E-state index in [0.717, 1.165) is 32.7 Å². The lowest BCUT2D eigenvalue weighted by molar-refractivity contribution is -0.163. The number of piperidine rings is 1. The number of esters is 5. The zero-order valence-electron chi connectivity index (χ0n) is 26.6. The molecule has 0 aromatic heterocycles. The molecule has 3 atom stereocenters. The molecule has 0 bridgehead atoms. The monoisotopic (exact) mass is 1010 g/mol. The van der Waals surface area contributed by atoms with Crippen molar-refractivity contribution in [1.82, 2.24) is 15.3 Å². The van der Waals surface area contributed by atoms with Gasteiger partial charge < -0.3 is 28.6 Å². The second-order valence-corrected chi connectivity index (χ2v) is 13.8. The fraction of sp³-hybridized carbons (Fsp3) is 0.517. The molecule has 0 saturated carbocycles. The number of hydrogen-bond donors (Lipinski definition) is 1. The Hall–Kier alpha value is -2.83. The summed E-state index contributed by atoms with van der Waals surface area (Å²) in [6, 6.07) is 1.58. The van der Waals surface area contributed by atoms with Crippen molar-refractivity contribution in [3.8, 4) is 0 Å². The van der Waals surface area contributed by atoms with Crippen LogP contribution in [0.15, 0.2) is 6.07 Å². The van der Waals surface area contributed by atoms with Gasteiger partial charge in [-0.25, -0.2) is 0 Å². The number of hydrazine groups is 1. The van der Waals surface area contributed by atoms with Gasteiger partial charge in [0.1, 0.15) is 13.2 Å². The van der Waals surface area contributed by atoms with E-state index in [1.807, 2.05) is 67.8 Å². The van der Waals surface area contributed by atoms with Gasteiger partial charge in [0, 0.05) is 51.9 Å². The number of ether oxygens (including phenoxy) is 5. The molecule has 0 spiro atoms. The highest BCUT2D eigenvalue weighted by atomic mass is 127. The number of hydrogen-bond acceptors (Lipinski definition) is 13. The first-order valence-corrected chi connectivity index (χ1v) is 17.5. The number of halogens is 3. The van der Waals surface area contributed by atoms with E-state index in [0.29, 0.717) is 20.0 Å². The van der Waals surface area contributed by atoms with Crippen molar-refractivity contribution in [2.24, 2.45) is 0 Å². The van der Waals surface area contributed by atoms with Gasteiger partial charge in [0.15, 0.2) is 18.3 Å². The van der Waals surface area contributed by atoms with Crippen LogP contribution >= 0.6 is 67.8 Å². The summed E-state index contributed by atoms with van der Waals surface area (Å²) in [7, 11) is 0. The maximum Gasteiger partial charge on any atom is 0.303 e. The number of nitrogens with zero attached hydrogens (tertiary/aromatic N) is 2. The van der Waals surface area contributed by atoms with E-state index in [1.54, 1.807) is 6.07 Å². The van der Waals surface area contributed by atoms with Gasteiger partial charge in [-0.05, 0) is 86.7 Å². The van der Waals surface area contributed by atoms with Gasteiger partial charge in [-0.3, -0.25) is 48.8 Å². The molecule has 16 nitrogen and oxygen atoms in total. The smallest absolute Gasteiger partial charge is 0.303 e. The van der Waals surface area contributed by atoms with E-state index in [1.165, 1.54) is 11.8 Å². The lowest BCUT2D eigenvalue weighted by Gasteiger charge is -2.32. The maximum absolute atomic E-state index is 14.4. The lowest BCUT2D eigenvalue weighted by atomic mass is 10.1. The lowest BCUT2D eigenvalue weighted by Crippen LogP contribution is -2.54. The summed E-state index contributed by atoms with van der Waals surface area (Å²) in [5, 5.41) is 1.06. The minimum absolute atomic E-state index is 0.0487. The van der Waals surface area contributed by atoms with E-state index < -0.39 is 79.1 Å². The van der Waals surface area contributed by atoms with Crippen molar-refractivity contribution in [3.63, 3.8) is 0 Å². The Kier molecular flexibility index (Phi) is 16.7. The van der Waals surface area contributed by atoms with Gasteiger partial charge in [0.05, 0.1) is 24.2 Å². The van der Waals surface area contributed by atoms with Crippen molar-refractivity contribution in [2.45, 2.75) is 65.8 Å². The second-order valence-electron chi connectivity index (χ2n) is 10.4. The molecule has 1 aromatic carbocycles. The molecule has 1 fully saturated rings. The minimum atomic E-state index is -1.15. The third kappa shape index (κ3) is 12.9. The zero-order chi connectivity index (χ0) is 36.3. The molecule has 264 valence electrons. The Balaban J connectivity index is 2.55. The number of rotatable bonds is 14. The first-order chi connectivity index (χ1) is 22.4. The van der Waals surface area contributed by atoms with Gasteiger partial charge in [-0.1, -0.05) is 0 Å². The van der Waals surface area contributed by atoms with E-state index in [-0.39, 0.29) is 34.3 Å². The molecule has 19 heteroatoms. The number of carbonyl (C=O) groups is 8. The first-order valence-electron chi connectivity index (χ1n) is 14.3. The van der Waals surface area contributed by atoms with E-state index in [9.17, 15) is 38.4 Å². The third-order valence-electron chi connectivity index (χ3n) is 6.29. The molecule has 1 N–H and O–H groups in total. The van der Waals surface area contributed by atoms with Crippen LogP contribution in [0.5, 0.6) is 0 Å². The standard InChI is InChI=1S/C29H34I3N3O13/c1-14(36)44-12-19(46-16(3)38)10-34(11-20(47-17(4)39)13-45-15(2)37)29(43)25-22(31)9-21(30)24(26(25)32)27(41)33-35-8-6-7-23(28(35)42)48-18(5)40/h9,19-20,23H,6-8,10-13H2,1-5H3,(H,33,41). The molecule has 3 amide bonds. The summed E-state index contributed by atoms with van der Waals surface area (Å²) < 4.78 is 26.8.